The van der Waals surface area contributed by atoms with Crippen LogP contribution < -0.4 is 5.32 Å². The van der Waals surface area contributed by atoms with Gasteiger partial charge in [-0.3, -0.25) is 0 Å². The van der Waals surface area contributed by atoms with Gasteiger partial charge in [-0.25, -0.2) is 0 Å². The lowest BCUT2D eigenvalue weighted by atomic mass is 9.92. The maximum Gasteiger partial charge on any atom is 0.411 e. The zero-order valence-corrected chi connectivity index (χ0v) is 10.1. The lowest BCUT2D eigenvalue weighted by molar-refractivity contribution is -0.174. The van der Waals surface area contributed by atoms with Crippen LogP contribution in [0.5, 0.6) is 0 Å². The molecule has 0 spiro atoms. The van der Waals surface area contributed by atoms with Crippen molar-refractivity contribution in [2.75, 3.05) is 33.0 Å². The average Bonchev–Trinajstić information content (AvgIpc) is 2.23. The molecule has 0 aromatic heterocycles. The Kier molecular flexibility index (Phi) is 5.69. The zero-order chi connectivity index (χ0) is 12.8. The quantitative estimate of drug-likeness (QED) is 0.737. The lowest BCUT2D eigenvalue weighted by Crippen LogP contribution is -2.47. The van der Waals surface area contributed by atoms with Gasteiger partial charge in [0.2, 0.25) is 0 Å². The van der Waals surface area contributed by atoms with Crippen LogP contribution in [0.2, 0.25) is 0 Å². The van der Waals surface area contributed by atoms with Gasteiger partial charge in [0.05, 0.1) is 0 Å². The van der Waals surface area contributed by atoms with Crippen molar-refractivity contribution in [3.05, 3.63) is 0 Å². The molecule has 0 unspecified atom stereocenters. The van der Waals surface area contributed by atoms with Gasteiger partial charge in [-0.05, 0) is 32.7 Å². The van der Waals surface area contributed by atoms with Crippen LogP contribution in [0.4, 0.5) is 13.2 Å². The highest BCUT2D eigenvalue weighted by molar-refractivity contribution is 4.84. The summed E-state index contributed by atoms with van der Waals surface area (Å²) < 4.78 is 45.1. The predicted molar refractivity (Wildman–Crippen MR) is 58.0 cm³/mol. The van der Waals surface area contributed by atoms with E-state index < -0.39 is 12.8 Å². The van der Waals surface area contributed by atoms with E-state index in [-0.39, 0.29) is 12.1 Å². The molecule has 0 aromatic carbocycles. The molecule has 1 N–H and O–H groups in total. The highest BCUT2D eigenvalue weighted by Crippen LogP contribution is 2.19. The fraction of sp³-hybridized carbons (Fsp3) is 1.00. The summed E-state index contributed by atoms with van der Waals surface area (Å²) in [7, 11) is 0. The number of ether oxygens (including phenoxy) is 2. The van der Waals surface area contributed by atoms with Gasteiger partial charge < -0.3 is 14.8 Å². The molecule has 1 fully saturated rings. The molecule has 17 heavy (non-hydrogen) atoms. The Balaban J connectivity index is 2.00. The van der Waals surface area contributed by atoms with E-state index in [0.29, 0.717) is 13.0 Å². The largest absolute Gasteiger partial charge is 0.411 e. The van der Waals surface area contributed by atoms with Gasteiger partial charge in [0.15, 0.2) is 0 Å². The molecule has 0 bridgehead atoms. The summed E-state index contributed by atoms with van der Waals surface area (Å²) in [6.07, 6.45) is -1.75. The summed E-state index contributed by atoms with van der Waals surface area (Å²) in [5, 5.41) is 3.35. The first-order chi connectivity index (χ1) is 7.91. The third-order valence-electron chi connectivity index (χ3n) is 2.88. The van der Waals surface area contributed by atoms with Crippen molar-refractivity contribution in [1.29, 1.82) is 0 Å². The standard InChI is InChI=1S/C11H20F3NO2/c1-10(3-7-16-8-4-10)15-5-2-6-17-9-11(12,13)14/h15H,2-9H2,1H3. The van der Waals surface area contributed by atoms with Crippen molar-refractivity contribution in [3.63, 3.8) is 0 Å². The minimum absolute atomic E-state index is 0.0578. The minimum atomic E-state index is -4.22. The van der Waals surface area contributed by atoms with Crippen molar-refractivity contribution in [2.45, 2.75) is 37.9 Å². The summed E-state index contributed by atoms with van der Waals surface area (Å²) >= 11 is 0. The molecule has 0 aromatic rings. The van der Waals surface area contributed by atoms with E-state index in [2.05, 4.69) is 17.0 Å². The van der Waals surface area contributed by atoms with E-state index >= 15 is 0 Å². The van der Waals surface area contributed by atoms with Gasteiger partial charge >= 0.3 is 6.18 Å². The lowest BCUT2D eigenvalue weighted by Gasteiger charge is -2.34. The molecule has 3 nitrogen and oxygen atoms in total. The van der Waals surface area contributed by atoms with Crippen molar-refractivity contribution in [1.82, 2.24) is 5.32 Å². The second-order valence-electron chi connectivity index (χ2n) is 4.62. The molecule has 1 saturated heterocycles. The Morgan fingerprint density at radius 2 is 1.94 bits per heavy atom. The number of alkyl halides is 3. The number of nitrogens with one attached hydrogen (secondary N) is 1. The predicted octanol–water partition coefficient (Wildman–Crippen LogP) is 2.11. The van der Waals surface area contributed by atoms with Crippen molar-refractivity contribution >= 4 is 0 Å². The minimum Gasteiger partial charge on any atom is -0.381 e. The van der Waals surface area contributed by atoms with Crippen molar-refractivity contribution in [3.8, 4) is 0 Å². The Hall–Kier alpha value is -0.330. The van der Waals surface area contributed by atoms with Gasteiger partial charge in [0.25, 0.3) is 0 Å². The van der Waals surface area contributed by atoms with E-state index in [0.717, 1.165) is 26.1 Å². The summed E-state index contributed by atoms with van der Waals surface area (Å²) in [6.45, 7) is 3.26. The van der Waals surface area contributed by atoms with Crippen LogP contribution in [-0.2, 0) is 9.47 Å². The van der Waals surface area contributed by atoms with E-state index in [9.17, 15) is 13.2 Å². The summed E-state index contributed by atoms with van der Waals surface area (Å²) in [5.41, 5.74) is 0.0578. The SMILES string of the molecule is CC1(NCCCOCC(F)(F)F)CCOCC1. The van der Waals surface area contributed by atoms with E-state index in [1.807, 2.05) is 0 Å². The molecule has 1 heterocycles. The van der Waals surface area contributed by atoms with Crippen LogP contribution >= 0.6 is 0 Å². The maximum absolute atomic E-state index is 11.8. The molecule has 6 heteroatoms. The number of rotatable bonds is 6. The highest BCUT2D eigenvalue weighted by atomic mass is 19.4. The first-order valence-corrected chi connectivity index (χ1v) is 5.89. The first-order valence-electron chi connectivity index (χ1n) is 5.89. The van der Waals surface area contributed by atoms with Gasteiger partial charge in [0.1, 0.15) is 6.61 Å². The van der Waals surface area contributed by atoms with Crippen LogP contribution in [0.1, 0.15) is 26.2 Å². The molecule has 1 rings (SSSR count). The monoisotopic (exact) mass is 255 g/mol. The van der Waals surface area contributed by atoms with Crippen LogP contribution in [0.3, 0.4) is 0 Å². The molecule has 0 radical (unpaired) electrons. The normalized spacial score (nSPS) is 20.5. The highest BCUT2D eigenvalue weighted by Gasteiger charge is 2.28. The third kappa shape index (κ3) is 6.85. The molecule has 102 valence electrons. The van der Waals surface area contributed by atoms with Gasteiger partial charge in [-0.15, -0.1) is 0 Å². The number of halogens is 3. The van der Waals surface area contributed by atoms with Gasteiger partial charge in [-0.2, -0.15) is 13.2 Å². The Bertz CT molecular complexity index is 215. The fourth-order valence-corrected chi connectivity index (χ4v) is 1.75. The van der Waals surface area contributed by atoms with E-state index in [4.69, 9.17) is 4.74 Å². The zero-order valence-electron chi connectivity index (χ0n) is 10.1. The van der Waals surface area contributed by atoms with Gasteiger partial charge in [0, 0.05) is 25.4 Å². The summed E-state index contributed by atoms with van der Waals surface area (Å²) in [5.74, 6) is 0. The van der Waals surface area contributed by atoms with Crippen molar-refractivity contribution in [2.24, 2.45) is 0 Å². The summed E-state index contributed by atoms with van der Waals surface area (Å²) in [4.78, 5) is 0. The van der Waals surface area contributed by atoms with Crippen LogP contribution in [0.25, 0.3) is 0 Å². The molecular formula is C11H20F3NO2. The van der Waals surface area contributed by atoms with Gasteiger partial charge in [-0.1, -0.05) is 0 Å². The topological polar surface area (TPSA) is 30.5 Å². The van der Waals surface area contributed by atoms with Crippen LogP contribution in [-0.4, -0.2) is 44.7 Å². The molecular weight excluding hydrogens is 235 g/mol. The average molecular weight is 255 g/mol. The molecule has 1 aliphatic heterocycles. The van der Waals surface area contributed by atoms with Crippen LogP contribution in [0, 0.1) is 0 Å². The van der Waals surface area contributed by atoms with E-state index in [1.165, 1.54) is 0 Å². The fourth-order valence-electron chi connectivity index (χ4n) is 1.75. The Morgan fingerprint density at radius 1 is 1.29 bits per heavy atom. The van der Waals surface area contributed by atoms with Crippen molar-refractivity contribution < 1.29 is 22.6 Å². The smallest absolute Gasteiger partial charge is 0.381 e. The third-order valence-corrected chi connectivity index (χ3v) is 2.88. The van der Waals surface area contributed by atoms with E-state index in [1.54, 1.807) is 0 Å². The first kappa shape index (κ1) is 14.7. The second kappa shape index (κ2) is 6.56. The molecule has 0 saturated carbocycles. The number of hydrogen-bond acceptors (Lipinski definition) is 3. The second-order valence-corrected chi connectivity index (χ2v) is 4.62. The van der Waals surface area contributed by atoms with Crippen LogP contribution in [0.15, 0.2) is 0 Å². The maximum atomic E-state index is 11.8. The number of hydrogen-bond donors (Lipinski definition) is 1. The summed E-state index contributed by atoms with van der Waals surface area (Å²) in [6, 6.07) is 0. The Labute approximate surface area is 99.7 Å². The molecule has 0 aliphatic carbocycles. The Morgan fingerprint density at radius 3 is 2.53 bits per heavy atom. The molecule has 1 aliphatic rings. The molecule has 0 atom stereocenters. The molecule has 0 amide bonds.